The van der Waals surface area contributed by atoms with Crippen molar-refractivity contribution in [3.63, 3.8) is 0 Å². The van der Waals surface area contributed by atoms with Gasteiger partial charge in [-0.05, 0) is 56.4 Å². The van der Waals surface area contributed by atoms with Crippen LogP contribution in [-0.4, -0.2) is 87.5 Å². The number of amides is 2. The molecule has 2 aromatic rings. The minimum Gasteiger partial charge on any atom is -0.487 e. The van der Waals surface area contributed by atoms with E-state index in [9.17, 15) is 9.59 Å². The summed E-state index contributed by atoms with van der Waals surface area (Å²) in [5.74, 6) is -0.358. The number of piperazine rings is 1. The number of nitrogens with zero attached hydrogens (tertiary/aromatic N) is 5. The van der Waals surface area contributed by atoms with Crippen LogP contribution in [0.15, 0.2) is 36.7 Å². The van der Waals surface area contributed by atoms with Crippen molar-refractivity contribution in [3.05, 3.63) is 42.2 Å². The van der Waals surface area contributed by atoms with Gasteiger partial charge in [-0.3, -0.25) is 9.59 Å². The Hall–Kier alpha value is -2.85. The van der Waals surface area contributed by atoms with Crippen molar-refractivity contribution in [3.8, 4) is 5.69 Å². The molecule has 1 unspecified atom stereocenters. The lowest BCUT2D eigenvalue weighted by atomic mass is 10.1. The van der Waals surface area contributed by atoms with Crippen molar-refractivity contribution < 1.29 is 14.3 Å². The van der Waals surface area contributed by atoms with Gasteiger partial charge in [-0.25, -0.2) is 4.68 Å². The first kappa shape index (κ1) is 32.7. The van der Waals surface area contributed by atoms with Crippen LogP contribution in [0.3, 0.4) is 0 Å². The van der Waals surface area contributed by atoms with Crippen LogP contribution in [-0.2, 0) is 9.53 Å². The minimum atomic E-state index is -0.667. The lowest BCUT2D eigenvalue weighted by Crippen LogP contribution is -2.54. The summed E-state index contributed by atoms with van der Waals surface area (Å²) in [6, 6.07) is 6.39. The Morgan fingerprint density at radius 2 is 1.59 bits per heavy atom. The molecule has 1 saturated heterocycles. The fourth-order valence-electron chi connectivity index (χ4n) is 4.97. The monoisotopic (exact) mass is 584 g/mol. The zero-order valence-corrected chi connectivity index (χ0v) is 25.7. The average Bonchev–Trinajstić information content (AvgIpc) is 3.53. The van der Waals surface area contributed by atoms with Crippen molar-refractivity contribution in [1.29, 1.82) is 0 Å². The molecule has 0 saturated carbocycles. The zero-order valence-electron chi connectivity index (χ0n) is 24.9. The molecule has 41 heavy (non-hydrogen) atoms. The summed E-state index contributed by atoms with van der Waals surface area (Å²) in [7, 11) is 2.05. The highest BCUT2D eigenvalue weighted by Gasteiger charge is 2.28. The zero-order chi connectivity index (χ0) is 29.3. The molecule has 2 amide bonds. The Kier molecular flexibility index (Phi) is 14.8. The van der Waals surface area contributed by atoms with Crippen LogP contribution in [0.2, 0.25) is 0 Å². The molecule has 10 heteroatoms. The Morgan fingerprint density at radius 1 is 0.951 bits per heavy atom. The predicted molar refractivity (Wildman–Crippen MR) is 166 cm³/mol. The quantitative estimate of drug-likeness (QED) is 0.191. The molecule has 1 aliphatic rings. The molecular weight excluding hydrogens is 536 g/mol. The number of rotatable bonds is 18. The van der Waals surface area contributed by atoms with Crippen LogP contribution in [0.4, 0.5) is 0 Å². The summed E-state index contributed by atoms with van der Waals surface area (Å²) in [6.07, 6.45) is 16.9. The molecule has 1 N–H and O–H groups in total. The first-order valence-electron chi connectivity index (χ1n) is 15.4. The van der Waals surface area contributed by atoms with E-state index >= 15 is 0 Å². The molecule has 3 rings (SSSR count). The maximum absolute atomic E-state index is 13.4. The molecule has 1 atom stereocenters. The van der Waals surface area contributed by atoms with E-state index < -0.39 is 6.04 Å². The molecule has 0 aliphatic carbocycles. The molecule has 1 aromatic carbocycles. The SMILES string of the molecule is CCCCCCCCCCCCOC(=S)CCC(NC(=O)c1ccc(-n2ccnn2)cc1)C(=O)N1CCN(C)CC1. The number of hydrogen-bond acceptors (Lipinski definition) is 7. The number of ether oxygens (including phenoxy) is 1. The predicted octanol–water partition coefficient (Wildman–Crippen LogP) is 5.18. The fraction of sp³-hybridized carbons (Fsp3) is 0.645. The largest absolute Gasteiger partial charge is 0.487 e. The van der Waals surface area contributed by atoms with Gasteiger partial charge < -0.3 is 19.9 Å². The summed E-state index contributed by atoms with van der Waals surface area (Å²) in [5.41, 5.74) is 1.28. The van der Waals surface area contributed by atoms with E-state index in [1.165, 1.54) is 51.4 Å². The van der Waals surface area contributed by atoms with Gasteiger partial charge in [-0.15, -0.1) is 5.10 Å². The molecular formula is C31H48N6O3S. The van der Waals surface area contributed by atoms with Gasteiger partial charge in [0.1, 0.15) is 6.04 Å². The standard InChI is InChI=1S/C31H48N6O3S/c1-3-4-5-6-7-8-9-10-11-12-25-40-29(41)18-17-28(31(39)36-23-21-35(2)22-24-36)33-30(38)26-13-15-27(16-14-26)37-20-19-32-34-37/h13-16,19-20,28H,3-12,17-18,21-25H2,1-2H3,(H,33,38). The van der Waals surface area contributed by atoms with Crippen molar-refractivity contribution in [1.82, 2.24) is 30.1 Å². The van der Waals surface area contributed by atoms with Crippen molar-refractivity contribution in [2.24, 2.45) is 0 Å². The van der Waals surface area contributed by atoms with E-state index in [4.69, 9.17) is 17.0 Å². The molecule has 1 aromatic heterocycles. The summed E-state index contributed by atoms with van der Waals surface area (Å²) < 4.78 is 7.44. The van der Waals surface area contributed by atoms with Gasteiger partial charge in [0.25, 0.3) is 5.91 Å². The fourth-order valence-corrected chi connectivity index (χ4v) is 5.17. The third-order valence-electron chi connectivity index (χ3n) is 7.63. The second kappa shape index (κ2) is 18.6. The summed E-state index contributed by atoms with van der Waals surface area (Å²) in [6.45, 7) is 5.79. The molecule has 9 nitrogen and oxygen atoms in total. The lowest BCUT2D eigenvalue weighted by Gasteiger charge is -2.34. The number of likely N-dealkylation sites (N-methyl/N-ethyl adjacent to an activating group) is 1. The number of benzene rings is 1. The van der Waals surface area contributed by atoms with Crippen LogP contribution in [0.1, 0.15) is 94.3 Å². The van der Waals surface area contributed by atoms with Crippen LogP contribution < -0.4 is 5.32 Å². The van der Waals surface area contributed by atoms with E-state index in [0.29, 0.717) is 43.2 Å². The van der Waals surface area contributed by atoms with E-state index in [2.05, 4.69) is 34.5 Å². The molecule has 0 spiro atoms. The summed E-state index contributed by atoms with van der Waals surface area (Å²) >= 11 is 5.48. The van der Waals surface area contributed by atoms with Gasteiger partial charge in [0.05, 0.1) is 24.7 Å². The Balaban J connectivity index is 1.43. The van der Waals surface area contributed by atoms with Gasteiger partial charge in [0.2, 0.25) is 5.91 Å². The van der Waals surface area contributed by atoms with Gasteiger partial charge in [-0.2, -0.15) is 0 Å². The highest BCUT2D eigenvalue weighted by Crippen LogP contribution is 2.13. The second-order valence-corrected chi connectivity index (χ2v) is 11.4. The topological polar surface area (TPSA) is 92.6 Å². The van der Waals surface area contributed by atoms with Crippen molar-refractivity contribution >= 4 is 29.1 Å². The van der Waals surface area contributed by atoms with E-state index in [1.54, 1.807) is 41.3 Å². The molecule has 1 fully saturated rings. The van der Waals surface area contributed by atoms with Crippen LogP contribution >= 0.6 is 12.2 Å². The Bertz CT molecular complexity index is 1040. The number of carbonyl (C=O) groups is 2. The Morgan fingerprint density at radius 3 is 2.20 bits per heavy atom. The first-order valence-corrected chi connectivity index (χ1v) is 15.8. The van der Waals surface area contributed by atoms with E-state index in [-0.39, 0.29) is 11.8 Å². The highest BCUT2D eigenvalue weighted by molar-refractivity contribution is 7.80. The lowest BCUT2D eigenvalue weighted by molar-refractivity contribution is -0.135. The molecule has 2 heterocycles. The van der Waals surface area contributed by atoms with Gasteiger partial charge in [0, 0.05) is 38.2 Å². The summed E-state index contributed by atoms with van der Waals surface area (Å²) in [4.78, 5) is 30.6. The van der Waals surface area contributed by atoms with Crippen LogP contribution in [0.25, 0.3) is 5.69 Å². The first-order chi connectivity index (χ1) is 20.0. The average molecular weight is 585 g/mol. The molecule has 226 valence electrons. The number of aromatic nitrogens is 3. The van der Waals surface area contributed by atoms with Crippen molar-refractivity contribution in [2.45, 2.75) is 90.0 Å². The van der Waals surface area contributed by atoms with E-state index in [1.807, 2.05) is 4.90 Å². The third-order valence-corrected chi connectivity index (χ3v) is 7.95. The smallest absolute Gasteiger partial charge is 0.251 e. The maximum Gasteiger partial charge on any atom is 0.251 e. The molecule has 1 aliphatic heterocycles. The number of hydrogen-bond donors (Lipinski definition) is 1. The molecule has 0 bridgehead atoms. The maximum atomic E-state index is 13.4. The van der Waals surface area contributed by atoms with Gasteiger partial charge in [0.15, 0.2) is 5.05 Å². The Labute approximate surface area is 251 Å². The van der Waals surface area contributed by atoms with Gasteiger partial charge in [-0.1, -0.05) is 69.9 Å². The number of unbranched alkanes of at least 4 members (excludes halogenated alkanes) is 9. The third kappa shape index (κ3) is 11.9. The second-order valence-electron chi connectivity index (χ2n) is 11.0. The normalized spacial score (nSPS) is 14.5. The molecule has 0 radical (unpaired) electrons. The number of carbonyl (C=O) groups excluding carboxylic acids is 2. The van der Waals surface area contributed by atoms with Crippen molar-refractivity contribution in [2.75, 3.05) is 39.8 Å². The number of thiocarbonyl (C=S) groups is 1. The number of nitrogens with one attached hydrogen (secondary N) is 1. The van der Waals surface area contributed by atoms with Crippen LogP contribution in [0, 0.1) is 0 Å². The van der Waals surface area contributed by atoms with E-state index in [0.717, 1.165) is 31.6 Å². The minimum absolute atomic E-state index is 0.0665. The van der Waals surface area contributed by atoms with Crippen LogP contribution in [0.5, 0.6) is 0 Å². The van der Waals surface area contributed by atoms with Gasteiger partial charge >= 0.3 is 0 Å². The highest BCUT2D eigenvalue weighted by atomic mass is 32.1. The summed E-state index contributed by atoms with van der Waals surface area (Å²) in [5, 5.41) is 11.3.